The summed E-state index contributed by atoms with van der Waals surface area (Å²) in [6, 6.07) is 7.47. The molecule has 0 aliphatic carbocycles. The van der Waals surface area contributed by atoms with Crippen molar-refractivity contribution in [3.63, 3.8) is 0 Å². The highest BCUT2D eigenvalue weighted by molar-refractivity contribution is 7.99. The van der Waals surface area contributed by atoms with Crippen LogP contribution in [0.2, 0.25) is 0 Å². The van der Waals surface area contributed by atoms with Gasteiger partial charge in [-0.2, -0.15) is 5.10 Å². The average molecular weight is 460 g/mol. The third-order valence-electron chi connectivity index (χ3n) is 5.30. The zero-order valence-corrected chi connectivity index (χ0v) is 18.2. The smallest absolute Gasteiger partial charge is 0.344 e. The summed E-state index contributed by atoms with van der Waals surface area (Å²) < 4.78 is 12.7. The highest BCUT2D eigenvalue weighted by atomic mass is 32.2. The van der Waals surface area contributed by atoms with Crippen LogP contribution in [-0.2, 0) is 16.1 Å². The van der Waals surface area contributed by atoms with Crippen molar-refractivity contribution in [3.05, 3.63) is 57.0 Å². The van der Waals surface area contributed by atoms with E-state index in [-0.39, 0.29) is 29.5 Å². The predicted octanol–water partition coefficient (Wildman–Crippen LogP) is 2.87. The first-order chi connectivity index (χ1) is 15.2. The molecule has 2 unspecified atom stereocenters. The molecule has 1 saturated heterocycles. The van der Waals surface area contributed by atoms with Crippen LogP contribution < -0.4 is 5.69 Å². The third-order valence-corrected chi connectivity index (χ3v) is 7.24. The van der Waals surface area contributed by atoms with Crippen LogP contribution in [0.3, 0.4) is 0 Å². The van der Waals surface area contributed by atoms with E-state index in [9.17, 15) is 9.59 Å². The fraction of sp³-hybridized carbons (Fsp3) is 0.400. The van der Waals surface area contributed by atoms with Gasteiger partial charge in [0.05, 0.1) is 30.7 Å². The lowest BCUT2D eigenvalue weighted by atomic mass is 10.1. The Bertz CT molecular complexity index is 1110. The topological polar surface area (TPSA) is 106 Å². The normalized spacial score (nSPS) is 21.0. The maximum atomic E-state index is 13.1. The number of carbonyl (C=O) groups is 1. The molecule has 0 saturated carbocycles. The van der Waals surface area contributed by atoms with Gasteiger partial charge in [-0.3, -0.25) is 9.36 Å². The molecule has 2 aliphatic heterocycles. The molecule has 3 aromatic rings. The van der Waals surface area contributed by atoms with Crippen molar-refractivity contribution in [1.29, 1.82) is 0 Å². The van der Waals surface area contributed by atoms with Crippen molar-refractivity contribution in [2.45, 2.75) is 43.1 Å². The number of nitrogens with zero attached hydrogens (tertiary/aromatic N) is 4. The largest absolute Gasteiger partial charge is 0.463 e. The molecule has 5 rings (SSSR count). The van der Waals surface area contributed by atoms with Gasteiger partial charge in [-0.1, -0.05) is 17.8 Å². The minimum absolute atomic E-state index is 0.00703. The predicted molar refractivity (Wildman–Crippen MR) is 116 cm³/mol. The summed E-state index contributed by atoms with van der Waals surface area (Å²) in [5, 5.41) is 15.2. The second-order valence-corrected chi connectivity index (χ2v) is 9.27. The van der Waals surface area contributed by atoms with Crippen molar-refractivity contribution in [3.8, 4) is 0 Å². The number of nitrogens with one attached hydrogen (secondary N) is 1. The van der Waals surface area contributed by atoms with Crippen LogP contribution in [0, 0.1) is 0 Å². The minimum Gasteiger partial charge on any atom is -0.463 e. The van der Waals surface area contributed by atoms with E-state index in [1.165, 1.54) is 16.8 Å². The number of carbonyl (C=O) groups excluding carboxylic acids is 1. The van der Waals surface area contributed by atoms with Gasteiger partial charge >= 0.3 is 5.69 Å². The van der Waals surface area contributed by atoms with Crippen LogP contribution in [0.25, 0.3) is 0 Å². The summed E-state index contributed by atoms with van der Waals surface area (Å²) in [5.41, 5.74) is 0.457. The van der Waals surface area contributed by atoms with Crippen molar-refractivity contribution >= 4 is 34.7 Å². The standard InChI is InChI=1S/C20H21N5O4S2/c26-18(12-31-20-22-21-19(27)24(20)11-13-4-1-7-28-13)25-15(17-6-3-9-30-17)10-14(23-25)16-5-2-8-29-16/h2-3,5-6,8-9,13,15H,1,4,7,10-12H2,(H,21,27). The summed E-state index contributed by atoms with van der Waals surface area (Å²) >= 11 is 2.83. The Morgan fingerprint density at radius 2 is 2.29 bits per heavy atom. The van der Waals surface area contributed by atoms with Gasteiger partial charge in [-0.05, 0) is 36.4 Å². The third kappa shape index (κ3) is 4.25. The van der Waals surface area contributed by atoms with Crippen LogP contribution in [-0.4, -0.2) is 49.9 Å². The Kier molecular flexibility index (Phi) is 5.79. The minimum atomic E-state index is -0.291. The molecule has 2 atom stereocenters. The van der Waals surface area contributed by atoms with Gasteiger partial charge < -0.3 is 9.15 Å². The van der Waals surface area contributed by atoms with Crippen LogP contribution in [0.4, 0.5) is 0 Å². The number of H-pyrrole nitrogens is 1. The second kappa shape index (κ2) is 8.85. The fourth-order valence-electron chi connectivity index (χ4n) is 3.79. The maximum absolute atomic E-state index is 13.1. The number of ether oxygens (including phenoxy) is 1. The van der Waals surface area contributed by atoms with Gasteiger partial charge in [0.2, 0.25) is 0 Å². The molecule has 1 amide bonds. The number of furan rings is 1. The number of thiophene rings is 1. The van der Waals surface area contributed by atoms with Gasteiger partial charge in [0.15, 0.2) is 5.16 Å². The summed E-state index contributed by atoms with van der Waals surface area (Å²) in [6.07, 6.45) is 4.11. The summed E-state index contributed by atoms with van der Waals surface area (Å²) in [6.45, 7) is 1.15. The van der Waals surface area contributed by atoms with E-state index >= 15 is 0 Å². The molecular weight excluding hydrogens is 438 g/mol. The van der Waals surface area contributed by atoms with Crippen LogP contribution >= 0.6 is 23.1 Å². The van der Waals surface area contributed by atoms with E-state index in [1.807, 2.05) is 29.6 Å². The number of hydrazone groups is 1. The molecule has 162 valence electrons. The Morgan fingerprint density at radius 3 is 3.03 bits per heavy atom. The molecule has 3 aromatic heterocycles. The van der Waals surface area contributed by atoms with Crippen LogP contribution in [0.15, 0.2) is 55.4 Å². The summed E-state index contributed by atoms with van der Waals surface area (Å²) in [5.74, 6) is 0.637. The lowest BCUT2D eigenvalue weighted by molar-refractivity contribution is -0.130. The van der Waals surface area contributed by atoms with Crippen LogP contribution in [0.1, 0.15) is 35.9 Å². The SMILES string of the molecule is O=C(CSc1n[nH]c(=O)n1CC1CCCO1)N1N=C(c2ccco2)CC1c1cccs1. The first kappa shape index (κ1) is 20.3. The lowest BCUT2D eigenvalue weighted by Gasteiger charge is -2.20. The zero-order valence-electron chi connectivity index (χ0n) is 16.6. The number of amides is 1. The molecule has 0 spiro atoms. The number of aromatic amines is 1. The number of rotatable bonds is 7. The van der Waals surface area contributed by atoms with E-state index < -0.39 is 0 Å². The van der Waals surface area contributed by atoms with Gasteiger partial charge in [-0.25, -0.2) is 14.9 Å². The maximum Gasteiger partial charge on any atom is 0.344 e. The molecule has 0 radical (unpaired) electrons. The molecule has 0 bridgehead atoms. The fourth-order valence-corrected chi connectivity index (χ4v) is 5.41. The number of hydrogen-bond acceptors (Lipinski definition) is 8. The van der Waals surface area contributed by atoms with E-state index in [1.54, 1.807) is 22.2 Å². The van der Waals surface area contributed by atoms with E-state index in [0.29, 0.717) is 30.5 Å². The van der Waals surface area contributed by atoms with Crippen molar-refractivity contribution < 1.29 is 13.9 Å². The zero-order chi connectivity index (χ0) is 21.2. The second-order valence-electron chi connectivity index (χ2n) is 7.34. The first-order valence-electron chi connectivity index (χ1n) is 10.1. The molecule has 1 fully saturated rings. The van der Waals surface area contributed by atoms with Gasteiger partial charge in [-0.15, -0.1) is 16.4 Å². The molecular formula is C20H21N5O4S2. The van der Waals surface area contributed by atoms with E-state index in [2.05, 4.69) is 15.3 Å². The molecule has 0 aromatic carbocycles. The highest BCUT2D eigenvalue weighted by Crippen LogP contribution is 2.35. The molecule has 2 aliphatic rings. The molecule has 9 nitrogen and oxygen atoms in total. The van der Waals surface area contributed by atoms with Gasteiger partial charge in [0, 0.05) is 17.9 Å². The summed E-state index contributed by atoms with van der Waals surface area (Å²) in [7, 11) is 0. The quantitative estimate of drug-likeness (QED) is 0.545. The number of hydrogen-bond donors (Lipinski definition) is 1. The molecule has 11 heteroatoms. The Balaban J connectivity index is 1.31. The summed E-state index contributed by atoms with van der Waals surface area (Å²) in [4.78, 5) is 26.4. The lowest BCUT2D eigenvalue weighted by Crippen LogP contribution is -2.29. The van der Waals surface area contributed by atoms with Gasteiger partial charge in [0.1, 0.15) is 11.5 Å². The molecule has 5 heterocycles. The van der Waals surface area contributed by atoms with E-state index in [0.717, 1.165) is 23.4 Å². The van der Waals surface area contributed by atoms with Gasteiger partial charge in [0.25, 0.3) is 5.91 Å². The Morgan fingerprint density at radius 1 is 1.35 bits per heavy atom. The number of aromatic nitrogens is 3. The average Bonchev–Trinajstić information content (AvgIpc) is 3.59. The monoisotopic (exact) mass is 459 g/mol. The molecule has 31 heavy (non-hydrogen) atoms. The molecule has 1 N–H and O–H groups in total. The Hall–Kier alpha value is -2.63. The van der Waals surface area contributed by atoms with Crippen molar-refractivity contribution in [1.82, 2.24) is 19.8 Å². The highest BCUT2D eigenvalue weighted by Gasteiger charge is 2.34. The first-order valence-corrected chi connectivity index (χ1v) is 11.9. The van der Waals surface area contributed by atoms with Crippen molar-refractivity contribution in [2.75, 3.05) is 12.4 Å². The van der Waals surface area contributed by atoms with Crippen molar-refractivity contribution in [2.24, 2.45) is 5.10 Å². The van der Waals surface area contributed by atoms with E-state index in [4.69, 9.17) is 9.15 Å². The Labute approximate surface area is 186 Å². The number of thioether (sulfide) groups is 1. The van der Waals surface area contributed by atoms with Crippen LogP contribution in [0.5, 0.6) is 0 Å².